The summed E-state index contributed by atoms with van der Waals surface area (Å²) in [6, 6.07) is 1.64. The number of benzene rings is 1. The monoisotopic (exact) mass is 367 g/mol. The van der Waals surface area contributed by atoms with Crippen LogP contribution in [0.2, 0.25) is 0 Å². The number of rotatable bonds is 8. The Kier molecular flexibility index (Phi) is 10.1. The molecule has 136 valence electrons. The van der Waals surface area contributed by atoms with E-state index in [0.717, 1.165) is 6.07 Å². The van der Waals surface area contributed by atoms with Crippen molar-refractivity contribution >= 4 is 29.9 Å². The van der Waals surface area contributed by atoms with E-state index in [1.54, 1.807) is 0 Å². The molecule has 2 amide bonds. The van der Waals surface area contributed by atoms with Crippen molar-refractivity contribution in [2.45, 2.75) is 26.2 Å². The lowest BCUT2D eigenvalue weighted by atomic mass is 10.2. The molecule has 1 rings (SSSR count). The molecule has 9 heteroatoms. The molecule has 0 saturated heterocycles. The highest BCUT2D eigenvalue weighted by Gasteiger charge is 2.19. The van der Waals surface area contributed by atoms with E-state index in [1.165, 1.54) is 4.90 Å². The fraction of sp³-hybridized carbons (Fsp3) is 0.467. The third kappa shape index (κ3) is 6.37. The number of hydrogen-bond donors (Lipinski definition) is 2. The van der Waals surface area contributed by atoms with Gasteiger partial charge in [0.05, 0.1) is 12.2 Å². The minimum absolute atomic E-state index is 0. The summed E-state index contributed by atoms with van der Waals surface area (Å²) in [6.45, 7) is 2.26. The smallest absolute Gasteiger partial charge is 0.244 e. The first-order chi connectivity index (χ1) is 10.9. The van der Waals surface area contributed by atoms with Crippen LogP contribution in [0.4, 0.5) is 18.9 Å². The predicted molar refractivity (Wildman–Crippen MR) is 87.4 cm³/mol. The Labute approximate surface area is 144 Å². The van der Waals surface area contributed by atoms with Crippen LogP contribution in [0.25, 0.3) is 0 Å². The van der Waals surface area contributed by atoms with Crippen molar-refractivity contribution < 1.29 is 22.8 Å². The maximum absolute atomic E-state index is 13.5. The normalized spacial score (nSPS) is 10.0. The molecule has 0 aliphatic carbocycles. The van der Waals surface area contributed by atoms with E-state index in [9.17, 15) is 22.8 Å². The van der Waals surface area contributed by atoms with Gasteiger partial charge >= 0.3 is 0 Å². The van der Waals surface area contributed by atoms with E-state index in [4.69, 9.17) is 5.73 Å². The summed E-state index contributed by atoms with van der Waals surface area (Å²) in [7, 11) is 0. The third-order valence-corrected chi connectivity index (χ3v) is 3.08. The Balaban J connectivity index is 0.00000529. The second-order valence-electron chi connectivity index (χ2n) is 4.98. The fourth-order valence-electron chi connectivity index (χ4n) is 1.96. The molecule has 0 aliphatic heterocycles. The zero-order valence-electron chi connectivity index (χ0n) is 13.3. The second-order valence-corrected chi connectivity index (χ2v) is 4.98. The molecular formula is C15H21ClF3N3O2. The van der Waals surface area contributed by atoms with Gasteiger partial charge in [0.2, 0.25) is 11.8 Å². The number of carbonyl (C=O) groups is 2. The van der Waals surface area contributed by atoms with Gasteiger partial charge in [-0.15, -0.1) is 12.4 Å². The van der Waals surface area contributed by atoms with Gasteiger partial charge in [-0.25, -0.2) is 13.2 Å². The molecule has 24 heavy (non-hydrogen) atoms. The molecule has 5 nitrogen and oxygen atoms in total. The molecule has 1 aromatic rings. The van der Waals surface area contributed by atoms with E-state index in [0.29, 0.717) is 32.0 Å². The van der Waals surface area contributed by atoms with Crippen molar-refractivity contribution in [3.8, 4) is 0 Å². The van der Waals surface area contributed by atoms with Gasteiger partial charge in [-0.1, -0.05) is 6.92 Å². The number of nitrogens with zero attached hydrogens (tertiary/aromatic N) is 1. The van der Waals surface area contributed by atoms with Crippen LogP contribution >= 0.6 is 12.4 Å². The van der Waals surface area contributed by atoms with Gasteiger partial charge in [-0.05, 0) is 31.5 Å². The highest BCUT2D eigenvalue weighted by molar-refractivity contribution is 5.94. The van der Waals surface area contributed by atoms with Crippen LogP contribution in [0.15, 0.2) is 12.1 Å². The van der Waals surface area contributed by atoms with Gasteiger partial charge < -0.3 is 16.0 Å². The van der Waals surface area contributed by atoms with Crippen molar-refractivity contribution in [1.82, 2.24) is 4.90 Å². The van der Waals surface area contributed by atoms with Crippen molar-refractivity contribution in [3.05, 3.63) is 29.6 Å². The standard InChI is InChI=1S/C15H20F3N3O2.ClH/c1-2-8-21(13(23)4-3-7-19)9-12(22)20-11-6-5-10(16)14(17)15(11)18;/h5-6H,2-4,7-9,19H2,1H3,(H,20,22);1H. The van der Waals surface area contributed by atoms with Crippen molar-refractivity contribution in [3.63, 3.8) is 0 Å². The Morgan fingerprint density at radius 1 is 1.21 bits per heavy atom. The van der Waals surface area contributed by atoms with Crippen LogP contribution in [-0.2, 0) is 9.59 Å². The van der Waals surface area contributed by atoms with Gasteiger partial charge in [0.1, 0.15) is 0 Å². The summed E-state index contributed by atoms with van der Waals surface area (Å²) in [5, 5.41) is 2.14. The quantitative estimate of drug-likeness (QED) is 0.693. The van der Waals surface area contributed by atoms with Gasteiger partial charge in [-0.2, -0.15) is 0 Å². The molecule has 0 unspecified atom stereocenters. The molecule has 0 saturated carbocycles. The average molecular weight is 368 g/mol. The van der Waals surface area contributed by atoms with Crippen molar-refractivity contribution in [2.24, 2.45) is 5.73 Å². The lowest BCUT2D eigenvalue weighted by Gasteiger charge is -2.21. The van der Waals surface area contributed by atoms with Gasteiger partial charge in [0, 0.05) is 13.0 Å². The molecular weight excluding hydrogens is 347 g/mol. The Bertz CT molecular complexity index is 573. The van der Waals surface area contributed by atoms with Crippen LogP contribution in [-0.4, -0.2) is 36.3 Å². The van der Waals surface area contributed by atoms with Crippen molar-refractivity contribution in [2.75, 3.05) is 25.0 Å². The maximum atomic E-state index is 13.5. The van der Waals surface area contributed by atoms with E-state index in [2.05, 4.69) is 5.32 Å². The predicted octanol–water partition coefficient (Wildman–Crippen LogP) is 2.44. The molecule has 0 atom stereocenters. The Morgan fingerprint density at radius 2 is 1.88 bits per heavy atom. The zero-order valence-corrected chi connectivity index (χ0v) is 14.1. The highest BCUT2D eigenvalue weighted by Crippen LogP contribution is 2.19. The van der Waals surface area contributed by atoms with Gasteiger partial charge in [0.25, 0.3) is 0 Å². The summed E-state index contributed by atoms with van der Waals surface area (Å²) < 4.78 is 39.5. The largest absolute Gasteiger partial charge is 0.333 e. The average Bonchev–Trinajstić information content (AvgIpc) is 2.52. The van der Waals surface area contributed by atoms with Crippen LogP contribution in [0.3, 0.4) is 0 Å². The number of amides is 2. The lowest BCUT2D eigenvalue weighted by molar-refractivity contribution is -0.134. The molecule has 3 N–H and O–H groups in total. The Morgan fingerprint density at radius 3 is 2.46 bits per heavy atom. The van der Waals surface area contributed by atoms with E-state index in [1.807, 2.05) is 6.92 Å². The molecule has 0 bridgehead atoms. The van der Waals surface area contributed by atoms with Gasteiger partial charge in [-0.3, -0.25) is 9.59 Å². The first kappa shape index (κ1) is 22.2. The summed E-state index contributed by atoms with van der Waals surface area (Å²) in [4.78, 5) is 25.2. The first-order valence-corrected chi connectivity index (χ1v) is 7.31. The fourth-order valence-corrected chi connectivity index (χ4v) is 1.96. The lowest BCUT2D eigenvalue weighted by Crippen LogP contribution is -2.38. The first-order valence-electron chi connectivity index (χ1n) is 7.31. The SMILES string of the molecule is CCCN(CC(=O)Nc1ccc(F)c(F)c1F)C(=O)CCCN.Cl. The number of nitrogens with one attached hydrogen (secondary N) is 1. The number of carbonyl (C=O) groups excluding carboxylic acids is 2. The molecule has 0 heterocycles. The summed E-state index contributed by atoms with van der Waals surface area (Å²) in [5.74, 6) is -5.41. The molecule has 0 spiro atoms. The van der Waals surface area contributed by atoms with E-state index in [-0.39, 0.29) is 31.3 Å². The molecule has 1 aromatic carbocycles. The summed E-state index contributed by atoms with van der Waals surface area (Å²) in [5.41, 5.74) is 4.87. The third-order valence-electron chi connectivity index (χ3n) is 3.08. The minimum Gasteiger partial charge on any atom is -0.333 e. The molecule has 0 radical (unpaired) electrons. The Hall–Kier alpha value is -1.80. The maximum Gasteiger partial charge on any atom is 0.244 e. The topological polar surface area (TPSA) is 75.4 Å². The number of halogens is 4. The highest BCUT2D eigenvalue weighted by atomic mass is 35.5. The van der Waals surface area contributed by atoms with Gasteiger partial charge in [0.15, 0.2) is 17.5 Å². The minimum atomic E-state index is -1.66. The van der Waals surface area contributed by atoms with Crippen LogP contribution in [0.1, 0.15) is 26.2 Å². The summed E-state index contributed by atoms with van der Waals surface area (Å²) in [6.07, 6.45) is 1.35. The van der Waals surface area contributed by atoms with E-state index >= 15 is 0 Å². The molecule has 0 aliphatic rings. The second kappa shape index (κ2) is 10.9. The molecule has 0 fully saturated rings. The van der Waals surface area contributed by atoms with E-state index < -0.39 is 29.0 Å². The molecule has 0 aromatic heterocycles. The van der Waals surface area contributed by atoms with Crippen LogP contribution < -0.4 is 11.1 Å². The number of anilines is 1. The van der Waals surface area contributed by atoms with Crippen LogP contribution in [0, 0.1) is 17.5 Å². The summed E-state index contributed by atoms with van der Waals surface area (Å²) >= 11 is 0. The number of nitrogens with two attached hydrogens (primary N) is 1. The van der Waals surface area contributed by atoms with Crippen LogP contribution in [0.5, 0.6) is 0 Å². The number of hydrogen-bond acceptors (Lipinski definition) is 3. The zero-order chi connectivity index (χ0) is 17.4. The van der Waals surface area contributed by atoms with Crippen molar-refractivity contribution in [1.29, 1.82) is 0 Å².